The fourth-order valence-electron chi connectivity index (χ4n) is 8.28. The van der Waals surface area contributed by atoms with Crippen LogP contribution < -0.4 is 0 Å². The molecule has 8 atom stereocenters. The molecule has 0 heterocycles. The van der Waals surface area contributed by atoms with Crippen LogP contribution in [-0.2, 0) is 0 Å². The maximum atomic E-state index is 2.73. The molecule has 0 aliphatic heterocycles. The fraction of sp³-hybridized carbons (Fsp3) is 0.920. The highest BCUT2D eigenvalue weighted by Crippen LogP contribution is 2.66. The van der Waals surface area contributed by atoms with Crippen molar-refractivity contribution in [3.8, 4) is 0 Å². The average Bonchev–Trinajstić information content (AvgIpc) is 2.97. The van der Waals surface area contributed by atoms with Gasteiger partial charge in [0, 0.05) is 12.1 Å². The first-order chi connectivity index (χ1) is 12.7. The highest BCUT2D eigenvalue weighted by molar-refractivity contribution is 5.26. The topological polar surface area (TPSA) is 6.48 Å². The monoisotopic (exact) mass is 372 g/mol. The lowest BCUT2D eigenvalue weighted by molar-refractivity contribution is -0.0550. The molecule has 0 N–H and O–H groups in total. The SMILES string of the molecule is C[C@@H]([C@H]1CC[C@@H]2[C@@H]3CC=C4C[C@@H](N(C)C)CC[C@]4(C)[C@H]3CC[C@@]21C)N(C)C. The molecule has 4 rings (SSSR count). The van der Waals surface area contributed by atoms with Crippen LogP contribution in [0.25, 0.3) is 0 Å². The van der Waals surface area contributed by atoms with Gasteiger partial charge >= 0.3 is 0 Å². The molecule has 0 saturated heterocycles. The van der Waals surface area contributed by atoms with E-state index in [4.69, 9.17) is 0 Å². The summed E-state index contributed by atoms with van der Waals surface area (Å²) in [5, 5.41) is 0. The maximum Gasteiger partial charge on any atom is 0.0127 e. The van der Waals surface area contributed by atoms with Crippen LogP contribution in [0.3, 0.4) is 0 Å². The van der Waals surface area contributed by atoms with Gasteiger partial charge in [0.05, 0.1) is 0 Å². The number of allylic oxidation sites excluding steroid dienone is 1. The number of hydrogen-bond donors (Lipinski definition) is 0. The smallest absolute Gasteiger partial charge is 0.0127 e. The quantitative estimate of drug-likeness (QED) is 0.608. The molecule has 154 valence electrons. The Hall–Kier alpha value is -0.340. The van der Waals surface area contributed by atoms with Crippen molar-refractivity contribution in [3.05, 3.63) is 11.6 Å². The van der Waals surface area contributed by atoms with Crippen molar-refractivity contribution in [1.29, 1.82) is 0 Å². The maximum absolute atomic E-state index is 2.73. The largest absolute Gasteiger partial charge is 0.306 e. The van der Waals surface area contributed by atoms with Gasteiger partial charge in [-0.25, -0.2) is 0 Å². The molecule has 0 radical (unpaired) electrons. The van der Waals surface area contributed by atoms with E-state index in [1.54, 1.807) is 0 Å². The summed E-state index contributed by atoms with van der Waals surface area (Å²) in [6.07, 6.45) is 14.1. The first-order valence-corrected chi connectivity index (χ1v) is 11.7. The number of rotatable bonds is 3. The minimum atomic E-state index is 0.502. The van der Waals surface area contributed by atoms with Crippen LogP contribution in [0.1, 0.15) is 72.1 Å². The fourth-order valence-corrected chi connectivity index (χ4v) is 8.28. The predicted molar refractivity (Wildman–Crippen MR) is 116 cm³/mol. The van der Waals surface area contributed by atoms with Gasteiger partial charge in [0.1, 0.15) is 0 Å². The molecule has 0 aromatic heterocycles. The minimum Gasteiger partial charge on any atom is -0.306 e. The third-order valence-corrected chi connectivity index (χ3v) is 10.3. The molecule has 2 nitrogen and oxygen atoms in total. The Morgan fingerprint density at radius 2 is 1.70 bits per heavy atom. The zero-order valence-electron chi connectivity index (χ0n) is 19.1. The van der Waals surface area contributed by atoms with E-state index >= 15 is 0 Å². The molecule has 0 unspecified atom stereocenters. The van der Waals surface area contributed by atoms with Gasteiger partial charge in [-0.1, -0.05) is 25.5 Å². The zero-order chi connectivity index (χ0) is 19.6. The number of nitrogens with zero attached hydrogens (tertiary/aromatic N) is 2. The van der Waals surface area contributed by atoms with Gasteiger partial charge in [0.25, 0.3) is 0 Å². The number of fused-ring (bicyclic) bond motifs is 5. The second kappa shape index (κ2) is 6.87. The van der Waals surface area contributed by atoms with E-state index in [2.05, 4.69) is 64.8 Å². The molecule has 4 aliphatic rings. The lowest BCUT2D eigenvalue weighted by atomic mass is 9.47. The molecular formula is C25H44N2. The number of hydrogen-bond acceptors (Lipinski definition) is 2. The van der Waals surface area contributed by atoms with Crippen molar-refractivity contribution in [3.63, 3.8) is 0 Å². The Morgan fingerprint density at radius 1 is 0.963 bits per heavy atom. The van der Waals surface area contributed by atoms with Crippen LogP contribution >= 0.6 is 0 Å². The van der Waals surface area contributed by atoms with Gasteiger partial charge in [0.15, 0.2) is 0 Å². The highest BCUT2D eigenvalue weighted by atomic mass is 15.1. The van der Waals surface area contributed by atoms with Crippen LogP contribution in [0, 0.1) is 34.5 Å². The molecule has 0 aromatic carbocycles. The summed E-state index contributed by atoms with van der Waals surface area (Å²) in [6.45, 7) is 7.81. The van der Waals surface area contributed by atoms with E-state index in [-0.39, 0.29) is 0 Å². The van der Waals surface area contributed by atoms with E-state index in [0.29, 0.717) is 10.8 Å². The Morgan fingerprint density at radius 3 is 2.37 bits per heavy atom. The minimum absolute atomic E-state index is 0.502. The van der Waals surface area contributed by atoms with Crippen LogP contribution in [0.2, 0.25) is 0 Å². The van der Waals surface area contributed by atoms with Crippen LogP contribution in [-0.4, -0.2) is 50.1 Å². The van der Waals surface area contributed by atoms with Crippen molar-refractivity contribution in [2.24, 2.45) is 34.5 Å². The normalized spacial score (nSPS) is 48.0. The summed E-state index contributed by atoms with van der Waals surface area (Å²) in [5.74, 6) is 3.76. The Balaban J connectivity index is 1.59. The first kappa shape index (κ1) is 20.0. The molecule has 2 heteroatoms. The Labute approximate surface area is 168 Å². The van der Waals surface area contributed by atoms with Gasteiger partial charge in [0.2, 0.25) is 0 Å². The van der Waals surface area contributed by atoms with Crippen molar-refractivity contribution in [1.82, 2.24) is 9.80 Å². The summed E-state index contributed by atoms with van der Waals surface area (Å²) in [6, 6.07) is 1.49. The second-order valence-electron chi connectivity index (χ2n) is 11.6. The van der Waals surface area contributed by atoms with Crippen molar-refractivity contribution in [2.75, 3.05) is 28.2 Å². The first-order valence-electron chi connectivity index (χ1n) is 11.7. The third-order valence-electron chi connectivity index (χ3n) is 10.3. The summed E-state index contributed by atoms with van der Waals surface area (Å²) in [7, 11) is 9.12. The summed E-state index contributed by atoms with van der Waals surface area (Å²) in [5.41, 5.74) is 2.91. The van der Waals surface area contributed by atoms with Gasteiger partial charge in [-0.2, -0.15) is 0 Å². The predicted octanol–water partition coefficient (Wildman–Crippen LogP) is 5.45. The average molecular weight is 373 g/mol. The highest BCUT2D eigenvalue weighted by Gasteiger charge is 2.59. The standard InChI is InChI=1S/C25H44N2/c1-17(26(4)5)21-10-11-22-20-9-8-18-16-19(27(6)7)12-14-24(18,2)23(20)13-15-25(21,22)3/h8,17,19-23H,9-16H2,1-7H3/t17-,19-,20-,21+,22+,23-,24-,25+/m0/s1. The van der Waals surface area contributed by atoms with Crippen LogP contribution in [0.15, 0.2) is 11.6 Å². The molecule has 0 spiro atoms. The molecule has 0 bridgehead atoms. The third kappa shape index (κ3) is 2.96. The van der Waals surface area contributed by atoms with Crippen molar-refractivity contribution >= 4 is 0 Å². The molecule has 0 amide bonds. The lowest BCUT2D eigenvalue weighted by Gasteiger charge is -2.59. The molecule has 0 aromatic rings. The zero-order valence-corrected chi connectivity index (χ0v) is 19.1. The van der Waals surface area contributed by atoms with Gasteiger partial charge in [-0.15, -0.1) is 0 Å². The molecule has 27 heavy (non-hydrogen) atoms. The molecule has 4 aliphatic carbocycles. The van der Waals surface area contributed by atoms with Gasteiger partial charge in [-0.3, -0.25) is 0 Å². The summed E-state index contributed by atoms with van der Waals surface area (Å²) in [4.78, 5) is 4.95. The van der Waals surface area contributed by atoms with Gasteiger partial charge in [-0.05, 0) is 121 Å². The molecular weight excluding hydrogens is 328 g/mol. The second-order valence-corrected chi connectivity index (χ2v) is 11.6. The van der Waals surface area contributed by atoms with Gasteiger partial charge < -0.3 is 9.80 Å². The van der Waals surface area contributed by atoms with E-state index in [1.165, 1.54) is 51.4 Å². The van der Waals surface area contributed by atoms with E-state index in [0.717, 1.165) is 35.8 Å². The Bertz CT molecular complexity index is 593. The lowest BCUT2D eigenvalue weighted by Crippen LogP contribution is -2.52. The van der Waals surface area contributed by atoms with E-state index in [9.17, 15) is 0 Å². The van der Waals surface area contributed by atoms with Crippen molar-refractivity contribution < 1.29 is 0 Å². The van der Waals surface area contributed by atoms with Crippen molar-refractivity contribution in [2.45, 2.75) is 84.2 Å². The Kier molecular flexibility index (Phi) is 5.08. The summed E-state index contributed by atoms with van der Waals surface area (Å²) >= 11 is 0. The van der Waals surface area contributed by atoms with E-state index in [1.807, 2.05) is 5.57 Å². The summed E-state index contributed by atoms with van der Waals surface area (Å²) < 4.78 is 0. The van der Waals surface area contributed by atoms with E-state index < -0.39 is 0 Å². The van der Waals surface area contributed by atoms with Crippen LogP contribution in [0.5, 0.6) is 0 Å². The van der Waals surface area contributed by atoms with Crippen LogP contribution in [0.4, 0.5) is 0 Å². The molecule has 3 fully saturated rings. The molecule has 3 saturated carbocycles.